The minimum Gasteiger partial charge on any atom is -0.324 e. The van der Waals surface area contributed by atoms with E-state index in [9.17, 15) is 0 Å². The van der Waals surface area contributed by atoms with Crippen molar-refractivity contribution in [1.29, 1.82) is 0 Å². The van der Waals surface area contributed by atoms with Crippen molar-refractivity contribution in [3.8, 4) is 5.00 Å². The second kappa shape index (κ2) is 6.37. The third-order valence-corrected chi connectivity index (χ3v) is 6.00. The van der Waals surface area contributed by atoms with E-state index >= 15 is 0 Å². The Morgan fingerprint density at radius 1 is 1.24 bits per heavy atom. The van der Waals surface area contributed by atoms with Gasteiger partial charge in [-0.05, 0) is 18.1 Å². The molecular formula is C18H18ClN5S. The van der Waals surface area contributed by atoms with Crippen LogP contribution in [0.2, 0.25) is 5.02 Å². The number of fused-ring (bicyclic) bond motifs is 3. The number of nitrogens with two attached hydrogens (primary N) is 1. The van der Waals surface area contributed by atoms with Gasteiger partial charge in [-0.15, -0.1) is 21.5 Å². The molecule has 0 bridgehead atoms. The van der Waals surface area contributed by atoms with Crippen molar-refractivity contribution in [1.82, 2.24) is 14.8 Å². The van der Waals surface area contributed by atoms with Crippen molar-refractivity contribution in [2.24, 2.45) is 10.7 Å². The molecule has 3 aromatic rings. The summed E-state index contributed by atoms with van der Waals surface area (Å²) in [5.74, 6) is 1.98. The molecule has 0 atom stereocenters. The van der Waals surface area contributed by atoms with Crippen LogP contribution in [-0.2, 0) is 13.1 Å². The van der Waals surface area contributed by atoms with Crippen LogP contribution in [0.5, 0.6) is 0 Å². The predicted octanol–water partition coefficient (Wildman–Crippen LogP) is 3.92. The van der Waals surface area contributed by atoms with Crippen molar-refractivity contribution in [2.75, 3.05) is 0 Å². The molecule has 128 valence electrons. The van der Waals surface area contributed by atoms with Gasteiger partial charge in [0.05, 0.1) is 12.3 Å². The molecule has 25 heavy (non-hydrogen) atoms. The zero-order valence-corrected chi connectivity index (χ0v) is 15.6. The molecule has 0 aliphatic carbocycles. The monoisotopic (exact) mass is 371 g/mol. The Balaban J connectivity index is 1.99. The molecule has 0 saturated carbocycles. The van der Waals surface area contributed by atoms with Crippen LogP contribution in [0.25, 0.3) is 5.00 Å². The fourth-order valence-corrected chi connectivity index (χ4v) is 4.39. The Morgan fingerprint density at radius 3 is 2.76 bits per heavy atom. The van der Waals surface area contributed by atoms with Crippen LogP contribution in [0.4, 0.5) is 0 Å². The van der Waals surface area contributed by atoms with E-state index in [0.29, 0.717) is 24.0 Å². The van der Waals surface area contributed by atoms with Gasteiger partial charge in [0.25, 0.3) is 0 Å². The number of thiophene rings is 1. The number of aromatic nitrogens is 3. The number of nitrogens with zero attached hydrogens (tertiary/aromatic N) is 4. The smallest absolute Gasteiger partial charge is 0.160 e. The van der Waals surface area contributed by atoms with E-state index in [1.165, 1.54) is 4.88 Å². The van der Waals surface area contributed by atoms with Gasteiger partial charge in [0.1, 0.15) is 11.5 Å². The van der Waals surface area contributed by atoms with Crippen molar-refractivity contribution in [3.63, 3.8) is 0 Å². The van der Waals surface area contributed by atoms with E-state index < -0.39 is 0 Å². The van der Waals surface area contributed by atoms with E-state index in [0.717, 1.165) is 33.5 Å². The molecule has 0 unspecified atom stereocenters. The third-order valence-electron chi connectivity index (χ3n) is 4.25. The normalized spacial score (nSPS) is 13.4. The summed E-state index contributed by atoms with van der Waals surface area (Å²) in [6, 6.07) is 10.0. The molecule has 1 aromatic carbocycles. The summed E-state index contributed by atoms with van der Waals surface area (Å²) < 4.78 is 2.05. The second-order valence-electron chi connectivity index (χ2n) is 6.24. The minimum absolute atomic E-state index is 0.336. The van der Waals surface area contributed by atoms with Crippen LogP contribution in [0.1, 0.15) is 47.4 Å². The number of halogens is 1. The van der Waals surface area contributed by atoms with Gasteiger partial charge in [0.15, 0.2) is 11.6 Å². The van der Waals surface area contributed by atoms with E-state index in [2.05, 4.69) is 34.7 Å². The molecule has 7 heteroatoms. The van der Waals surface area contributed by atoms with Crippen LogP contribution >= 0.6 is 22.9 Å². The largest absolute Gasteiger partial charge is 0.324 e. The number of aliphatic imine (C=N–C) groups is 1. The summed E-state index contributed by atoms with van der Waals surface area (Å²) in [7, 11) is 0. The van der Waals surface area contributed by atoms with Gasteiger partial charge < -0.3 is 5.73 Å². The predicted molar refractivity (Wildman–Crippen MR) is 102 cm³/mol. The van der Waals surface area contributed by atoms with Crippen LogP contribution in [0.15, 0.2) is 35.3 Å². The first kappa shape index (κ1) is 16.4. The zero-order valence-electron chi connectivity index (χ0n) is 14.0. The zero-order chi connectivity index (χ0) is 17.6. The quantitative estimate of drug-likeness (QED) is 0.758. The average molecular weight is 372 g/mol. The Hall–Kier alpha value is -2.02. The Labute approximate surface area is 155 Å². The fourth-order valence-electron chi connectivity index (χ4n) is 2.96. The first-order valence-electron chi connectivity index (χ1n) is 8.17. The molecule has 3 heterocycles. The Kier molecular flexibility index (Phi) is 4.19. The highest BCUT2D eigenvalue weighted by Gasteiger charge is 2.26. The van der Waals surface area contributed by atoms with Gasteiger partial charge in [-0.25, -0.2) is 0 Å². The summed E-state index contributed by atoms with van der Waals surface area (Å²) in [5.41, 5.74) is 8.79. The summed E-state index contributed by atoms with van der Waals surface area (Å²) >= 11 is 8.20. The lowest BCUT2D eigenvalue weighted by atomic mass is 10.0. The van der Waals surface area contributed by atoms with Crippen LogP contribution in [-0.4, -0.2) is 20.5 Å². The highest BCUT2D eigenvalue weighted by atomic mass is 35.5. The molecule has 1 aliphatic heterocycles. The molecule has 0 saturated heterocycles. The van der Waals surface area contributed by atoms with Gasteiger partial charge in [0.2, 0.25) is 0 Å². The highest BCUT2D eigenvalue weighted by molar-refractivity contribution is 7.15. The molecule has 0 amide bonds. The Morgan fingerprint density at radius 2 is 2.04 bits per heavy atom. The van der Waals surface area contributed by atoms with E-state index in [-0.39, 0.29) is 0 Å². The summed E-state index contributed by atoms with van der Waals surface area (Å²) in [6.07, 6.45) is 0. The van der Waals surface area contributed by atoms with E-state index in [4.69, 9.17) is 22.3 Å². The molecule has 4 rings (SSSR count). The van der Waals surface area contributed by atoms with Crippen molar-refractivity contribution < 1.29 is 0 Å². The summed E-state index contributed by atoms with van der Waals surface area (Å²) in [4.78, 5) is 6.12. The number of benzene rings is 1. The van der Waals surface area contributed by atoms with Gasteiger partial charge in [-0.1, -0.05) is 43.6 Å². The maximum atomic E-state index is 6.46. The fraction of sp³-hybridized carbons (Fsp3) is 0.278. The first-order chi connectivity index (χ1) is 12.1. The van der Waals surface area contributed by atoms with Gasteiger partial charge in [-0.2, -0.15) is 0 Å². The van der Waals surface area contributed by atoms with E-state index in [1.54, 1.807) is 11.3 Å². The van der Waals surface area contributed by atoms with Gasteiger partial charge >= 0.3 is 0 Å². The van der Waals surface area contributed by atoms with Crippen LogP contribution in [0, 0.1) is 0 Å². The molecule has 0 radical (unpaired) electrons. The average Bonchev–Trinajstić information content (AvgIpc) is 3.17. The maximum Gasteiger partial charge on any atom is 0.160 e. The number of rotatable bonds is 3. The standard InChI is InChI=1S/C18H18ClN5S/c1-10(2)14-7-12-17(11-5-3-4-6-13(11)19)21-9-16-23-22-15(8-20)24(16)18(12)25-14/h3-7,10H,8-9,20H2,1-2H3. The first-order valence-corrected chi connectivity index (χ1v) is 9.36. The molecule has 0 spiro atoms. The lowest BCUT2D eigenvalue weighted by Crippen LogP contribution is -2.09. The molecular weight excluding hydrogens is 354 g/mol. The minimum atomic E-state index is 0.336. The van der Waals surface area contributed by atoms with Crippen LogP contribution < -0.4 is 5.73 Å². The summed E-state index contributed by atoms with van der Waals surface area (Å²) in [5, 5.41) is 10.3. The molecule has 2 N–H and O–H groups in total. The number of hydrogen-bond acceptors (Lipinski definition) is 5. The molecule has 2 aromatic heterocycles. The second-order valence-corrected chi connectivity index (χ2v) is 7.71. The summed E-state index contributed by atoms with van der Waals surface area (Å²) in [6.45, 7) is 5.16. The number of hydrogen-bond donors (Lipinski definition) is 1. The topological polar surface area (TPSA) is 69.1 Å². The molecule has 5 nitrogen and oxygen atoms in total. The van der Waals surface area contributed by atoms with Gasteiger partial charge in [-0.3, -0.25) is 9.56 Å². The lowest BCUT2D eigenvalue weighted by molar-refractivity contribution is 0.837. The van der Waals surface area contributed by atoms with E-state index in [1.807, 2.05) is 24.3 Å². The lowest BCUT2D eigenvalue weighted by Gasteiger charge is -2.09. The molecule has 1 aliphatic rings. The Bertz CT molecular complexity index is 970. The van der Waals surface area contributed by atoms with Crippen molar-refractivity contribution in [3.05, 3.63) is 63.0 Å². The third kappa shape index (κ3) is 2.70. The highest BCUT2D eigenvalue weighted by Crippen LogP contribution is 2.37. The maximum absolute atomic E-state index is 6.46. The SMILES string of the molecule is CC(C)c1cc2c(s1)-n1c(CN)nnc1CN=C2c1ccccc1Cl. The van der Waals surface area contributed by atoms with Crippen molar-refractivity contribution in [2.45, 2.75) is 32.9 Å². The van der Waals surface area contributed by atoms with Gasteiger partial charge in [0, 0.05) is 21.0 Å². The molecule has 0 fully saturated rings. The van der Waals surface area contributed by atoms with Crippen LogP contribution in [0.3, 0.4) is 0 Å². The van der Waals surface area contributed by atoms with Crippen molar-refractivity contribution >= 4 is 28.6 Å².